The summed E-state index contributed by atoms with van der Waals surface area (Å²) < 4.78 is 0. The van der Waals surface area contributed by atoms with Crippen LogP contribution in [0.2, 0.25) is 0 Å². The summed E-state index contributed by atoms with van der Waals surface area (Å²) in [6, 6.07) is -0.661. The molecular weight excluding hydrogens is 298 g/mol. The molecule has 0 aromatic carbocycles. The Hall–Kier alpha value is -2.09. The minimum Gasteiger partial charge on any atom is -0.481 e. The zero-order valence-electron chi connectivity index (χ0n) is 13.5. The van der Waals surface area contributed by atoms with E-state index in [1.165, 1.54) is 0 Å². The van der Waals surface area contributed by atoms with Gasteiger partial charge in [-0.25, -0.2) is 0 Å². The molecule has 0 fully saturated rings. The number of amidine groups is 1. The van der Waals surface area contributed by atoms with Crippen LogP contribution in [0, 0.1) is 11.3 Å². The molecule has 0 bridgehead atoms. The first-order valence-corrected chi connectivity index (χ1v) is 7.76. The van der Waals surface area contributed by atoms with Gasteiger partial charge in [-0.3, -0.25) is 15.0 Å². The van der Waals surface area contributed by atoms with Crippen LogP contribution in [0.4, 0.5) is 0 Å². The summed E-state index contributed by atoms with van der Waals surface area (Å²) in [5, 5.41) is 19.1. The third-order valence-electron chi connectivity index (χ3n) is 3.50. The molecule has 0 spiro atoms. The van der Waals surface area contributed by atoms with Gasteiger partial charge in [0.15, 0.2) is 0 Å². The van der Waals surface area contributed by atoms with Gasteiger partial charge in [-0.1, -0.05) is 13.0 Å². The highest BCUT2D eigenvalue weighted by Crippen LogP contribution is 2.14. The van der Waals surface area contributed by atoms with Crippen molar-refractivity contribution in [2.45, 2.75) is 51.0 Å². The molecule has 0 amide bonds. The van der Waals surface area contributed by atoms with Crippen molar-refractivity contribution in [3.8, 4) is 0 Å². The lowest BCUT2D eigenvalue weighted by Gasteiger charge is -2.15. The van der Waals surface area contributed by atoms with Gasteiger partial charge in [-0.05, 0) is 25.7 Å². The average molecular weight is 327 g/mol. The van der Waals surface area contributed by atoms with Crippen molar-refractivity contribution >= 4 is 17.6 Å². The fraction of sp³-hybridized carbons (Fsp3) is 0.667. The number of carboxylic acids is 1. The first kappa shape index (κ1) is 20.9. The van der Waals surface area contributed by atoms with Gasteiger partial charge in [0.05, 0.1) is 23.6 Å². The summed E-state index contributed by atoms with van der Waals surface area (Å²) >= 11 is 0. The lowest BCUT2D eigenvalue weighted by molar-refractivity contribution is -0.144. The Bertz CT molecular complexity index is 425. The molecule has 0 aromatic heterocycles. The Kier molecular flexibility index (Phi) is 10.4. The van der Waals surface area contributed by atoms with Gasteiger partial charge < -0.3 is 27.6 Å². The van der Waals surface area contributed by atoms with E-state index in [2.05, 4.69) is 11.9 Å². The maximum absolute atomic E-state index is 12.0. The maximum Gasteiger partial charge on any atom is 0.306 e. The molecule has 0 rings (SSSR count). The Morgan fingerprint density at radius 3 is 2.35 bits per heavy atom. The number of nitrogens with two attached hydrogens (primary N) is 3. The molecule has 8 heteroatoms. The number of hydrogen-bond donors (Lipinski definition) is 6. The SMILES string of the molecule is C=C(N)NCCC[C@H](CC(=O)[C@@H](N)CCCCC(=N)N)C(=O)O. The zero-order valence-corrected chi connectivity index (χ0v) is 13.5. The van der Waals surface area contributed by atoms with Crippen LogP contribution in [-0.4, -0.2) is 35.3 Å². The summed E-state index contributed by atoms with van der Waals surface area (Å²) in [6.07, 6.45) is 3.24. The first-order chi connectivity index (χ1) is 10.7. The molecule has 8 nitrogen and oxygen atoms in total. The van der Waals surface area contributed by atoms with E-state index >= 15 is 0 Å². The number of ketones is 1. The molecule has 0 heterocycles. The normalized spacial score (nSPS) is 13.1. The Morgan fingerprint density at radius 2 is 1.83 bits per heavy atom. The van der Waals surface area contributed by atoms with Gasteiger partial charge >= 0.3 is 5.97 Å². The molecule has 0 aliphatic heterocycles. The molecule has 132 valence electrons. The van der Waals surface area contributed by atoms with Gasteiger partial charge in [0.2, 0.25) is 0 Å². The number of Topliss-reactive ketones (excluding diaryl/α,β-unsaturated/α-hetero) is 1. The van der Waals surface area contributed by atoms with Gasteiger partial charge in [0, 0.05) is 19.4 Å². The Labute approximate surface area is 137 Å². The third kappa shape index (κ3) is 11.2. The van der Waals surface area contributed by atoms with Crippen LogP contribution >= 0.6 is 0 Å². The number of rotatable bonds is 14. The maximum atomic E-state index is 12.0. The van der Waals surface area contributed by atoms with E-state index in [-0.39, 0.29) is 18.0 Å². The van der Waals surface area contributed by atoms with Crippen LogP contribution in [0.15, 0.2) is 12.4 Å². The molecule has 0 aromatic rings. The van der Waals surface area contributed by atoms with Crippen molar-refractivity contribution in [2.24, 2.45) is 23.1 Å². The third-order valence-corrected chi connectivity index (χ3v) is 3.50. The molecule has 0 aliphatic carbocycles. The second kappa shape index (κ2) is 11.5. The molecule has 0 unspecified atom stereocenters. The smallest absolute Gasteiger partial charge is 0.306 e. The van der Waals surface area contributed by atoms with Crippen molar-refractivity contribution in [3.63, 3.8) is 0 Å². The highest BCUT2D eigenvalue weighted by molar-refractivity contribution is 5.87. The minimum absolute atomic E-state index is 0.0627. The second-order valence-corrected chi connectivity index (χ2v) is 5.68. The van der Waals surface area contributed by atoms with Crippen molar-refractivity contribution in [1.82, 2.24) is 5.32 Å². The van der Waals surface area contributed by atoms with E-state index in [4.69, 9.17) is 22.6 Å². The van der Waals surface area contributed by atoms with Gasteiger partial charge in [-0.2, -0.15) is 0 Å². The molecule has 0 saturated carbocycles. The number of carbonyl (C=O) groups is 2. The summed E-state index contributed by atoms with van der Waals surface area (Å²) in [4.78, 5) is 23.2. The van der Waals surface area contributed by atoms with Crippen LogP contribution in [0.1, 0.15) is 44.9 Å². The van der Waals surface area contributed by atoms with Crippen LogP contribution in [0.25, 0.3) is 0 Å². The topological polar surface area (TPSA) is 168 Å². The highest BCUT2D eigenvalue weighted by Gasteiger charge is 2.23. The average Bonchev–Trinajstić information content (AvgIpc) is 2.45. The lowest BCUT2D eigenvalue weighted by Crippen LogP contribution is -2.33. The number of carbonyl (C=O) groups excluding carboxylic acids is 1. The Balaban J connectivity index is 4.14. The van der Waals surface area contributed by atoms with E-state index in [0.29, 0.717) is 50.9 Å². The Morgan fingerprint density at radius 1 is 1.17 bits per heavy atom. The van der Waals surface area contributed by atoms with E-state index in [0.717, 1.165) is 0 Å². The molecule has 0 saturated heterocycles. The number of unbranched alkanes of at least 4 members (excludes halogenated alkanes) is 1. The fourth-order valence-corrected chi connectivity index (χ4v) is 2.15. The molecular formula is C15H29N5O3. The summed E-state index contributed by atoms with van der Waals surface area (Å²) in [5.74, 6) is -1.52. The van der Waals surface area contributed by atoms with Gasteiger partial charge in [0.1, 0.15) is 5.78 Å². The quantitative estimate of drug-likeness (QED) is 0.151. The van der Waals surface area contributed by atoms with Crippen molar-refractivity contribution < 1.29 is 14.7 Å². The van der Waals surface area contributed by atoms with Crippen LogP contribution in [0.3, 0.4) is 0 Å². The van der Waals surface area contributed by atoms with Crippen molar-refractivity contribution in [3.05, 3.63) is 12.4 Å². The first-order valence-electron chi connectivity index (χ1n) is 7.76. The molecule has 0 aliphatic rings. The second-order valence-electron chi connectivity index (χ2n) is 5.68. The van der Waals surface area contributed by atoms with Crippen LogP contribution in [0.5, 0.6) is 0 Å². The van der Waals surface area contributed by atoms with Gasteiger partial charge in [-0.15, -0.1) is 0 Å². The monoisotopic (exact) mass is 327 g/mol. The number of hydrogen-bond acceptors (Lipinski definition) is 6. The van der Waals surface area contributed by atoms with E-state index in [1.54, 1.807) is 0 Å². The van der Waals surface area contributed by atoms with Crippen LogP contribution in [-0.2, 0) is 9.59 Å². The molecule has 9 N–H and O–H groups in total. The fourth-order valence-electron chi connectivity index (χ4n) is 2.15. The predicted molar refractivity (Wildman–Crippen MR) is 89.7 cm³/mol. The lowest BCUT2D eigenvalue weighted by atomic mass is 9.92. The van der Waals surface area contributed by atoms with E-state index < -0.39 is 17.9 Å². The largest absolute Gasteiger partial charge is 0.481 e. The van der Waals surface area contributed by atoms with Crippen molar-refractivity contribution in [1.29, 1.82) is 5.41 Å². The number of nitrogens with one attached hydrogen (secondary N) is 2. The van der Waals surface area contributed by atoms with Gasteiger partial charge in [0.25, 0.3) is 0 Å². The standard InChI is InChI=1S/C15H29N5O3/c1-10(16)20-8-4-5-11(15(22)23)9-13(21)12(17)6-2-3-7-14(18)19/h11-12,20H,1-9,16-17H2,(H3,18,19)(H,22,23)/t11-,12+/m1/s1. The number of aliphatic carboxylic acids is 1. The van der Waals surface area contributed by atoms with Crippen LogP contribution < -0.4 is 22.5 Å². The minimum atomic E-state index is -0.992. The zero-order chi connectivity index (χ0) is 17.8. The summed E-state index contributed by atoms with van der Waals surface area (Å²) in [7, 11) is 0. The summed E-state index contributed by atoms with van der Waals surface area (Å²) in [6.45, 7) is 4.00. The number of carboxylic acid groups (broad SMARTS) is 1. The van der Waals surface area contributed by atoms with E-state index in [9.17, 15) is 14.7 Å². The summed E-state index contributed by atoms with van der Waals surface area (Å²) in [5.41, 5.74) is 16.4. The highest BCUT2D eigenvalue weighted by atomic mass is 16.4. The molecule has 0 radical (unpaired) electrons. The molecule has 2 atom stereocenters. The van der Waals surface area contributed by atoms with Crippen molar-refractivity contribution in [2.75, 3.05) is 6.54 Å². The molecule has 23 heavy (non-hydrogen) atoms. The van der Waals surface area contributed by atoms with E-state index in [1.807, 2.05) is 0 Å². The predicted octanol–water partition coefficient (Wildman–Crippen LogP) is 0.270.